The molecule has 0 bridgehead atoms. The van der Waals surface area contributed by atoms with E-state index in [-0.39, 0.29) is 23.9 Å². The lowest BCUT2D eigenvalue weighted by atomic mass is 10.1. The minimum absolute atomic E-state index is 0.0375. The van der Waals surface area contributed by atoms with Gasteiger partial charge in [-0.05, 0) is 31.0 Å². The molecule has 1 aromatic rings. The standard InChI is InChI=1S/C12H13NO5/c14-9-4-1-7(5-10(9)15)12(18)13(6-11(16)17)8-2-3-8/h1,4-5,8,14-15H,2-3,6H2,(H,16,17). The summed E-state index contributed by atoms with van der Waals surface area (Å²) in [5, 5.41) is 27.3. The fourth-order valence-corrected chi connectivity index (χ4v) is 1.72. The average molecular weight is 251 g/mol. The minimum Gasteiger partial charge on any atom is -0.504 e. The van der Waals surface area contributed by atoms with Crippen LogP contribution in [0, 0.1) is 0 Å². The number of benzene rings is 1. The largest absolute Gasteiger partial charge is 0.504 e. The van der Waals surface area contributed by atoms with Crippen molar-refractivity contribution in [1.82, 2.24) is 4.90 Å². The molecule has 0 heterocycles. The molecule has 1 saturated carbocycles. The van der Waals surface area contributed by atoms with Crippen LogP contribution in [0.15, 0.2) is 18.2 Å². The van der Waals surface area contributed by atoms with Crippen molar-refractivity contribution >= 4 is 11.9 Å². The molecule has 6 nitrogen and oxygen atoms in total. The third kappa shape index (κ3) is 2.53. The Hall–Kier alpha value is -2.24. The van der Waals surface area contributed by atoms with Crippen LogP contribution in [0.25, 0.3) is 0 Å². The van der Waals surface area contributed by atoms with E-state index >= 15 is 0 Å². The Morgan fingerprint density at radius 3 is 2.39 bits per heavy atom. The number of phenols is 2. The Balaban J connectivity index is 2.21. The van der Waals surface area contributed by atoms with Crippen LogP contribution in [0.3, 0.4) is 0 Å². The van der Waals surface area contributed by atoms with E-state index in [1.54, 1.807) is 0 Å². The van der Waals surface area contributed by atoms with Crippen LogP contribution in [0.1, 0.15) is 23.2 Å². The molecule has 0 saturated heterocycles. The lowest BCUT2D eigenvalue weighted by Gasteiger charge is -2.20. The number of carboxylic acids is 1. The van der Waals surface area contributed by atoms with E-state index in [1.165, 1.54) is 17.0 Å². The summed E-state index contributed by atoms with van der Waals surface area (Å²) in [4.78, 5) is 24.1. The molecule has 1 aliphatic rings. The number of carbonyl (C=O) groups excluding carboxylic acids is 1. The number of hydrogen-bond donors (Lipinski definition) is 3. The molecule has 96 valence electrons. The summed E-state index contributed by atoms with van der Waals surface area (Å²) in [7, 11) is 0. The van der Waals surface area contributed by atoms with Gasteiger partial charge in [0, 0.05) is 11.6 Å². The molecule has 1 aromatic carbocycles. The summed E-state index contributed by atoms with van der Waals surface area (Å²) in [6, 6.07) is 3.65. The number of carbonyl (C=O) groups is 2. The molecule has 0 unspecified atom stereocenters. The van der Waals surface area contributed by atoms with Crippen molar-refractivity contribution in [3.8, 4) is 11.5 Å². The fraction of sp³-hybridized carbons (Fsp3) is 0.333. The van der Waals surface area contributed by atoms with Crippen molar-refractivity contribution in [2.75, 3.05) is 6.54 Å². The van der Waals surface area contributed by atoms with E-state index in [2.05, 4.69) is 0 Å². The average Bonchev–Trinajstić information content (AvgIpc) is 3.12. The topological polar surface area (TPSA) is 98.1 Å². The number of phenolic OH excluding ortho intramolecular Hbond substituents is 2. The smallest absolute Gasteiger partial charge is 0.323 e. The summed E-state index contributed by atoms with van der Waals surface area (Å²) in [6.07, 6.45) is 1.59. The molecule has 0 atom stereocenters. The van der Waals surface area contributed by atoms with Crippen molar-refractivity contribution < 1.29 is 24.9 Å². The highest BCUT2D eigenvalue weighted by Gasteiger charge is 2.34. The van der Waals surface area contributed by atoms with Crippen molar-refractivity contribution in [2.24, 2.45) is 0 Å². The van der Waals surface area contributed by atoms with Gasteiger partial charge >= 0.3 is 5.97 Å². The van der Waals surface area contributed by atoms with E-state index < -0.39 is 17.6 Å². The van der Waals surface area contributed by atoms with E-state index in [0.717, 1.165) is 18.9 Å². The van der Waals surface area contributed by atoms with Gasteiger partial charge in [0.15, 0.2) is 11.5 Å². The van der Waals surface area contributed by atoms with Gasteiger partial charge in [0.05, 0.1) is 0 Å². The van der Waals surface area contributed by atoms with Crippen molar-refractivity contribution in [1.29, 1.82) is 0 Å². The Kier molecular flexibility index (Phi) is 3.10. The van der Waals surface area contributed by atoms with Gasteiger partial charge in [0.25, 0.3) is 5.91 Å². The molecular formula is C12H13NO5. The lowest BCUT2D eigenvalue weighted by molar-refractivity contribution is -0.137. The number of amides is 1. The lowest BCUT2D eigenvalue weighted by Crippen LogP contribution is -2.37. The predicted octanol–water partition coefficient (Wildman–Crippen LogP) is 0.787. The Labute approximate surface area is 103 Å². The fourth-order valence-electron chi connectivity index (χ4n) is 1.72. The van der Waals surface area contributed by atoms with Crippen LogP contribution in [0.5, 0.6) is 11.5 Å². The SMILES string of the molecule is O=C(O)CN(C(=O)c1ccc(O)c(O)c1)C1CC1. The number of rotatable bonds is 4. The molecule has 0 aliphatic heterocycles. The number of nitrogens with zero attached hydrogens (tertiary/aromatic N) is 1. The summed E-state index contributed by atoms with van der Waals surface area (Å²) in [5.41, 5.74) is 0.165. The minimum atomic E-state index is -1.07. The zero-order valence-electron chi connectivity index (χ0n) is 9.54. The first kappa shape index (κ1) is 12.2. The van der Waals surface area contributed by atoms with Crippen LogP contribution in [-0.4, -0.2) is 44.7 Å². The summed E-state index contributed by atoms with van der Waals surface area (Å²) in [6.45, 7) is -0.356. The number of carboxylic acid groups (broad SMARTS) is 1. The maximum absolute atomic E-state index is 12.1. The second kappa shape index (κ2) is 4.56. The third-order valence-electron chi connectivity index (χ3n) is 2.78. The Morgan fingerprint density at radius 1 is 1.22 bits per heavy atom. The van der Waals surface area contributed by atoms with Gasteiger partial charge in [-0.2, -0.15) is 0 Å². The van der Waals surface area contributed by atoms with Crippen LogP contribution in [0.2, 0.25) is 0 Å². The molecule has 3 N–H and O–H groups in total. The number of aliphatic carboxylic acids is 1. The maximum atomic E-state index is 12.1. The highest BCUT2D eigenvalue weighted by Crippen LogP contribution is 2.30. The van der Waals surface area contributed by atoms with E-state index in [9.17, 15) is 14.7 Å². The first-order valence-corrected chi connectivity index (χ1v) is 5.54. The van der Waals surface area contributed by atoms with Gasteiger partial charge in [-0.1, -0.05) is 0 Å². The van der Waals surface area contributed by atoms with E-state index in [1.807, 2.05) is 0 Å². The van der Waals surface area contributed by atoms with Crippen LogP contribution >= 0.6 is 0 Å². The molecule has 6 heteroatoms. The first-order chi connectivity index (χ1) is 8.49. The molecule has 1 amide bonds. The Morgan fingerprint density at radius 2 is 1.89 bits per heavy atom. The van der Waals surface area contributed by atoms with Gasteiger partial charge < -0.3 is 20.2 Å². The highest BCUT2D eigenvalue weighted by atomic mass is 16.4. The van der Waals surface area contributed by atoms with Crippen molar-refractivity contribution in [2.45, 2.75) is 18.9 Å². The second-order valence-corrected chi connectivity index (χ2v) is 4.26. The maximum Gasteiger partial charge on any atom is 0.323 e. The van der Waals surface area contributed by atoms with E-state index in [4.69, 9.17) is 10.2 Å². The second-order valence-electron chi connectivity index (χ2n) is 4.26. The predicted molar refractivity (Wildman–Crippen MR) is 61.5 cm³/mol. The summed E-state index contributed by atoms with van der Waals surface area (Å²) < 4.78 is 0. The first-order valence-electron chi connectivity index (χ1n) is 5.54. The summed E-state index contributed by atoms with van der Waals surface area (Å²) in [5.74, 6) is -2.23. The van der Waals surface area contributed by atoms with Gasteiger partial charge in [0.2, 0.25) is 0 Å². The van der Waals surface area contributed by atoms with Crippen LogP contribution in [-0.2, 0) is 4.79 Å². The molecule has 18 heavy (non-hydrogen) atoms. The van der Waals surface area contributed by atoms with Gasteiger partial charge in [-0.25, -0.2) is 0 Å². The number of aromatic hydroxyl groups is 2. The highest BCUT2D eigenvalue weighted by molar-refractivity contribution is 5.96. The Bertz CT molecular complexity index is 495. The normalized spacial score (nSPS) is 14.2. The van der Waals surface area contributed by atoms with Crippen LogP contribution < -0.4 is 0 Å². The molecule has 0 spiro atoms. The van der Waals surface area contributed by atoms with Crippen LogP contribution in [0.4, 0.5) is 0 Å². The zero-order chi connectivity index (χ0) is 13.3. The van der Waals surface area contributed by atoms with E-state index in [0.29, 0.717) is 0 Å². The molecule has 0 radical (unpaired) electrons. The zero-order valence-corrected chi connectivity index (χ0v) is 9.54. The monoisotopic (exact) mass is 251 g/mol. The quantitative estimate of drug-likeness (QED) is 0.687. The van der Waals surface area contributed by atoms with Crippen molar-refractivity contribution in [3.63, 3.8) is 0 Å². The molecule has 1 fully saturated rings. The molecular weight excluding hydrogens is 238 g/mol. The summed E-state index contributed by atoms with van der Waals surface area (Å²) >= 11 is 0. The van der Waals surface area contributed by atoms with Gasteiger partial charge in [-0.15, -0.1) is 0 Å². The molecule has 0 aromatic heterocycles. The van der Waals surface area contributed by atoms with Crippen molar-refractivity contribution in [3.05, 3.63) is 23.8 Å². The third-order valence-corrected chi connectivity index (χ3v) is 2.78. The van der Waals surface area contributed by atoms with Gasteiger partial charge in [0.1, 0.15) is 6.54 Å². The van der Waals surface area contributed by atoms with Gasteiger partial charge in [-0.3, -0.25) is 9.59 Å². The number of hydrogen-bond acceptors (Lipinski definition) is 4. The molecule has 1 aliphatic carbocycles. The molecule has 2 rings (SSSR count).